The van der Waals surface area contributed by atoms with E-state index in [-0.39, 0.29) is 17.7 Å². The van der Waals surface area contributed by atoms with E-state index in [0.717, 1.165) is 18.3 Å². The first-order valence-electron chi connectivity index (χ1n) is 9.10. The predicted molar refractivity (Wildman–Crippen MR) is 106 cm³/mol. The van der Waals surface area contributed by atoms with E-state index in [0.29, 0.717) is 22.7 Å². The van der Waals surface area contributed by atoms with Crippen LogP contribution in [0.5, 0.6) is 11.5 Å². The number of benzene rings is 2. The first-order valence-corrected chi connectivity index (χ1v) is 9.10. The molecule has 0 saturated carbocycles. The first kappa shape index (κ1) is 22.6. The Morgan fingerprint density at radius 1 is 1.03 bits per heavy atom. The Morgan fingerprint density at radius 3 is 2.25 bits per heavy atom. The fourth-order valence-electron chi connectivity index (χ4n) is 2.91. The van der Waals surface area contributed by atoms with E-state index >= 15 is 0 Å². The summed E-state index contributed by atoms with van der Waals surface area (Å²) in [6, 6.07) is 4.81. The van der Waals surface area contributed by atoms with Crippen LogP contribution in [0.25, 0.3) is 0 Å². The molecule has 3 rings (SSSR count). The number of hydrogen-bond donors (Lipinski definition) is 1. The van der Waals surface area contributed by atoms with Gasteiger partial charge in [0.1, 0.15) is 0 Å². The third kappa shape index (κ3) is 4.64. The molecule has 0 radical (unpaired) electrons. The van der Waals surface area contributed by atoms with Gasteiger partial charge in [-0.15, -0.1) is 0 Å². The Bertz CT molecular complexity index is 1260. The van der Waals surface area contributed by atoms with Crippen LogP contribution >= 0.6 is 0 Å². The number of aromatic nitrogens is 2. The molecule has 0 bridgehead atoms. The molecule has 166 valence electrons. The van der Waals surface area contributed by atoms with Crippen molar-refractivity contribution in [2.24, 2.45) is 4.99 Å². The molecule has 0 unspecified atom stereocenters. The standard InChI is InChI=1S/C21H17F4N5O2/c1-11-4-17(31-2)18(32-3)7-16(11)28-21-29-20(27-10-26)15(24)9-30(21)8-12-5-13(22)19(25)14(23)6-12/h4-7,9H,8H2,1-3H3,(H,27,28,29). The number of nitrogens with zero attached hydrogens (tertiary/aromatic N) is 4. The van der Waals surface area contributed by atoms with Gasteiger partial charge in [-0.3, -0.25) is 5.32 Å². The number of methoxy groups -OCH3 is 2. The molecule has 3 aromatic rings. The molecule has 0 aliphatic carbocycles. The monoisotopic (exact) mass is 447 g/mol. The molecule has 0 aliphatic rings. The minimum Gasteiger partial charge on any atom is -0.493 e. The Labute approximate surface area is 180 Å². The number of halogens is 4. The predicted octanol–water partition coefficient (Wildman–Crippen LogP) is 3.94. The maximum atomic E-state index is 14.4. The zero-order valence-electron chi connectivity index (χ0n) is 17.2. The lowest BCUT2D eigenvalue weighted by Crippen LogP contribution is -2.26. The Balaban J connectivity index is 2.20. The second-order valence-corrected chi connectivity index (χ2v) is 6.58. The van der Waals surface area contributed by atoms with Crippen LogP contribution in [0.3, 0.4) is 0 Å². The summed E-state index contributed by atoms with van der Waals surface area (Å²) >= 11 is 0. The van der Waals surface area contributed by atoms with Crippen LogP contribution in [0.4, 0.5) is 29.1 Å². The second kappa shape index (κ2) is 9.38. The van der Waals surface area contributed by atoms with Crippen molar-refractivity contribution < 1.29 is 27.0 Å². The number of anilines is 1. The highest BCUT2D eigenvalue weighted by Crippen LogP contribution is 2.34. The summed E-state index contributed by atoms with van der Waals surface area (Å²) in [7, 11) is 2.92. The highest BCUT2D eigenvalue weighted by atomic mass is 19.2. The van der Waals surface area contributed by atoms with E-state index in [1.165, 1.54) is 18.8 Å². The highest BCUT2D eigenvalue weighted by Gasteiger charge is 2.14. The fourth-order valence-corrected chi connectivity index (χ4v) is 2.91. The SMILES string of the molecule is COc1cc(C)c(N=c2nc(NC#N)c(F)cn2Cc2cc(F)c(F)c(F)c2)cc1OC. The van der Waals surface area contributed by atoms with Crippen molar-refractivity contribution in [2.45, 2.75) is 13.5 Å². The molecular weight excluding hydrogens is 430 g/mol. The van der Waals surface area contributed by atoms with Gasteiger partial charge in [-0.2, -0.15) is 10.2 Å². The van der Waals surface area contributed by atoms with E-state index in [1.807, 2.05) is 0 Å². The molecule has 11 heteroatoms. The van der Waals surface area contributed by atoms with Crippen molar-refractivity contribution in [3.05, 3.63) is 70.5 Å². The normalized spacial score (nSPS) is 11.2. The fraction of sp³-hybridized carbons (Fsp3) is 0.190. The molecule has 1 N–H and O–H groups in total. The molecule has 0 spiro atoms. The quantitative estimate of drug-likeness (QED) is 0.268. The molecule has 1 heterocycles. The van der Waals surface area contributed by atoms with Crippen molar-refractivity contribution in [3.8, 4) is 17.7 Å². The number of nitrogens with one attached hydrogen (secondary N) is 1. The van der Waals surface area contributed by atoms with Gasteiger partial charge in [0.25, 0.3) is 0 Å². The van der Waals surface area contributed by atoms with Gasteiger partial charge in [-0.1, -0.05) is 0 Å². The van der Waals surface area contributed by atoms with Gasteiger partial charge in [0, 0.05) is 12.3 Å². The van der Waals surface area contributed by atoms with Crippen molar-refractivity contribution >= 4 is 11.5 Å². The number of rotatable bonds is 6. The van der Waals surface area contributed by atoms with Gasteiger partial charge in [0.2, 0.25) is 5.62 Å². The van der Waals surface area contributed by atoms with E-state index in [9.17, 15) is 17.6 Å². The molecule has 0 amide bonds. The maximum Gasteiger partial charge on any atom is 0.232 e. The average Bonchev–Trinajstić information content (AvgIpc) is 2.76. The second-order valence-electron chi connectivity index (χ2n) is 6.58. The smallest absolute Gasteiger partial charge is 0.232 e. The lowest BCUT2D eigenvalue weighted by molar-refractivity contribution is 0.355. The minimum atomic E-state index is -1.61. The van der Waals surface area contributed by atoms with Gasteiger partial charge in [0.15, 0.2) is 46.8 Å². The lowest BCUT2D eigenvalue weighted by Gasteiger charge is -2.12. The van der Waals surface area contributed by atoms with Crippen molar-refractivity contribution in [1.82, 2.24) is 9.55 Å². The van der Waals surface area contributed by atoms with Gasteiger partial charge in [-0.25, -0.2) is 22.6 Å². The topological polar surface area (TPSA) is 84.5 Å². The Kier molecular flexibility index (Phi) is 6.63. The highest BCUT2D eigenvalue weighted by molar-refractivity contribution is 5.57. The van der Waals surface area contributed by atoms with Crippen molar-refractivity contribution in [2.75, 3.05) is 19.5 Å². The van der Waals surface area contributed by atoms with Crippen LogP contribution in [0, 0.1) is 41.6 Å². The summed E-state index contributed by atoms with van der Waals surface area (Å²) in [5, 5.41) is 10.9. The molecule has 0 fully saturated rings. The number of aryl methyl sites for hydroxylation is 1. The average molecular weight is 447 g/mol. The van der Waals surface area contributed by atoms with Gasteiger partial charge in [-0.05, 0) is 36.2 Å². The van der Waals surface area contributed by atoms with Gasteiger partial charge >= 0.3 is 0 Å². The number of ether oxygens (including phenoxy) is 2. The van der Waals surface area contributed by atoms with Crippen molar-refractivity contribution in [1.29, 1.82) is 5.26 Å². The number of hydrogen-bond acceptors (Lipinski definition) is 6. The summed E-state index contributed by atoms with van der Waals surface area (Å²) in [6.07, 6.45) is 2.53. The zero-order valence-corrected chi connectivity index (χ0v) is 17.2. The number of nitriles is 1. The molecule has 0 aliphatic heterocycles. The third-order valence-corrected chi connectivity index (χ3v) is 4.46. The van der Waals surface area contributed by atoms with E-state index in [1.54, 1.807) is 25.2 Å². The molecule has 32 heavy (non-hydrogen) atoms. The summed E-state index contributed by atoms with van der Waals surface area (Å²) < 4.78 is 66.6. The third-order valence-electron chi connectivity index (χ3n) is 4.46. The molecule has 0 atom stereocenters. The van der Waals surface area contributed by atoms with Gasteiger partial charge in [0.05, 0.1) is 26.5 Å². The minimum absolute atomic E-state index is 0.00840. The van der Waals surface area contributed by atoms with E-state index in [4.69, 9.17) is 14.7 Å². The lowest BCUT2D eigenvalue weighted by atomic mass is 10.2. The van der Waals surface area contributed by atoms with E-state index < -0.39 is 29.1 Å². The summed E-state index contributed by atoms with van der Waals surface area (Å²) in [5.41, 5.74) is 0.961. The summed E-state index contributed by atoms with van der Waals surface area (Å²) in [4.78, 5) is 8.41. The maximum absolute atomic E-state index is 14.4. The largest absolute Gasteiger partial charge is 0.493 e. The first-order chi connectivity index (χ1) is 15.3. The van der Waals surface area contributed by atoms with Crippen LogP contribution in [-0.2, 0) is 6.54 Å². The molecule has 1 aromatic heterocycles. The summed E-state index contributed by atoms with van der Waals surface area (Å²) in [5.74, 6) is -4.83. The van der Waals surface area contributed by atoms with Crippen LogP contribution in [0.2, 0.25) is 0 Å². The van der Waals surface area contributed by atoms with Crippen LogP contribution in [0.1, 0.15) is 11.1 Å². The van der Waals surface area contributed by atoms with Crippen molar-refractivity contribution in [3.63, 3.8) is 0 Å². The van der Waals surface area contributed by atoms with Crippen LogP contribution in [0.15, 0.2) is 35.5 Å². The molecular formula is C21H17F4N5O2. The van der Waals surface area contributed by atoms with Crippen LogP contribution in [-0.4, -0.2) is 23.8 Å². The Hall–Kier alpha value is -4.07. The molecule has 2 aromatic carbocycles. The molecule has 0 saturated heterocycles. The zero-order chi connectivity index (χ0) is 23.4. The van der Waals surface area contributed by atoms with Gasteiger partial charge < -0.3 is 14.0 Å². The van der Waals surface area contributed by atoms with Crippen LogP contribution < -0.4 is 20.4 Å². The Morgan fingerprint density at radius 2 is 1.66 bits per heavy atom. The van der Waals surface area contributed by atoms with E-state index in [2.05, 4.69) is 15.3 Å². The molecule has 7 nitrogen and oxygen atoms in total. The summed E-state index contributed by atoms with van der Waals surface area (Å²) in [6.45, 7) is 1.46.